The van der Waals surface area contributed by atoms with Gasteiger partial charge in [-0.15, -0.1) is 11.3 Å². The molecule has 0 spiro atoms. The van der Waals surface area contributed by atoms with Gasteiger partial charge in [0.25, 0.3) is 0 Å². The van der Waals surface area contributed by atoms with E-state index >= 15 is 0 Å². The molecule has 0 amide bonds. The van der Waals surface area contributed by atoms with Crippen molar-refractivity contribution in [2.45, 2.75) is 18.7 Å². The van der Waals surface area contributed by atoms with Gasteiger partial charge in [-0.1, -0.05) is 0 Å². The van der Waals surface area contributed by atoms with Crippen LogP contribution in [0.1, 0.15) is 28.4 Å². The summed E-state index contributed by atoms with van der Waals surface area (Å²) < 4.78 is 41.6. The van der Waals surface area contributed by atoms with Crippen LogP contribution in [0, 0.1) is 0 Å². The van der Waals surface area contributed by atoms with Gasteiger partial charge in [0, 0.05) is 5.56 Å². The molecule has 0 N–H and O–H groups in total. The largest absolute Gasteiger partial charge is 0.490 e. The van der Waals surface area contributed by atoms with Gasteiger partial charge >= 0.3 is 12.1 Å². The van der Waals surface area contributed by atoms with E-state index in [0.717, 1.165) is 11.3 Å². The molecular formula is C9H3Br2F3O3S. The number of carbonyl (C=O) groups is 2. The van der Waals surface area contributed by atoms with Crippen molar-refractivity contribution in [2.24, 2.45) is 0 Å². The Labute approximate surface area is 120 Å². The SMILES string of the molecule is O=C1CC(OC(=O)C(F)(F)F)c2c(Br)sc(Br)c21. The monoisotopic (exact) mass is 406 g/mol. The molecule has 1 aliphatic rings. The van der Waals surface area contributed by atoms with Crippen LogP contribution in [-0.2, 0) is 9.53 Å². The van der Waals surface area contributed by atoms with Crippen LogP contribution in [0.3, 0.4) is 0 Å². The molecule has 1 aliphatic carbocycles. The second-order valence-electron chi connectivity index (χ2n) is 3.46. The van der Waals surface area contributed by atoms with Crippen LogP contribution >= 0.6 is 43.2 Å². The van der Waals surface area contributed by atoms with E-state index < -0.39 is 18.2 Å². The molecule has 1 unspecified atom stereocenters. The number of alkyl halides is 3. The number of hydrogen-bond donors (Lipinski definition) is 0. The highest BCUT2D eigenvalue weighted by molar-refractivity contribution is 9.12. The lowest BCUT2D eigenvalue weighted by Crippen LogP contribution is -2.26. The molecule has 2 rings (SSSR count). The molecule has 1 heterocycles. The Morgan fingerprint density at radius 3 is 2.50 bits per heavy atom. The molecule has 98 valence electrons. The fraction of sp³-hybridized carbons (Fsp3) is 0.333. The minimum atomic E-state index is -5.06. The van der Waals surface area contributed by atoms with E-state index in [1.807, 2.05) is 0 Å². The Balaban J connectivity index is 2.30. The summed E-state index contributed by atoms with van der Waals surface area (Å²) in [4.78, 5) is 22.4. The number of halogens is 5. The molecule has 1 atom stereocenters. The zero-order valence-electron chi connectivity index (χ0n) is 8.31. The molecule has 9 heteroatoms. The van der Waals surface area contributed by atoms with E-state index in [0.29, 0.717) is 13.1 Å². The third-order valence-corrected chi connectivity index (χ3v) is 4.89. The number of esters is 1. The predicted octanol–water partition coefficient (Wildman–Crippen LogP) is 4.01. The first-order valence-electron chi connectivity index (χ1n) is 4.50. The molecule has 0 aliphatic heterocycles. The Kier molecular flexibility index (Phi) is 3.58. The van der Waals surface area contributed by atoms with Gasteiger partial charge in [-0.3, -0.25) is 4.79 Å². The maximum atomic E-state index is 12.1. The maximum absolute atomic E-state index is 12.1. The molecule has 0 fully saturated rings. The van der Waals surface area contributed by atoms with Gasteiger partial charge in [0.15, 0.2) is 5.78 Å². The molecule has 0 radical (unpaired) electrons. The lowest BCUT2D eigenvalue weighted by atomic mass is 10.2. The van der Waals surface area contributed by atoms with Gasteiger partial charge in [-0.25, -0.2) is 4.79 Å². The van der Waals surface area contributed by atoms with Crippen LogP contribution in [0.4, 0.5) is 13.2 Å². The number of ether oxygens (including phenoxy) is 1. The number of rotatable bonds is 1. The number of Topliss-reactive ketones (excluding diaryl/α,β-unsaturated/α-hetero) is 1. The van der Waals surface area contributed by atoms with Gasteiger partial charge in [0.1, 0.15) is 6.10 Å². The average Bonchev–Trinajstić information content (AvgIpc) is 2.67. The van der Waals surface area contributed by atoms with Gasteiger partial charge in [0.2, 0.25) is 0 Å². The topological polar surface area (TPSA) is 43.4 Å². The Morgan fingerprint density at radius 1 is 1.33 bits per heavy atom. The quantitative estimate of drug-likeness (QED) is 0.660. The van der Waals surface area contributed by atoms with Crippen LogP contribution in [-0.4, -0.2) is 17.9 Å². The van der Waals surface area contributed by atoms with Crippen molar-refractivity contribution in [2.75, 3.05) is 0 Å². The van der Waals surface area contributed by atoms with Gasteiger partial charge in [-0.05, 0) is 31.9 Å². The average molecular weight is 408 g/mol. The maximum Gasteiger partial charge on any atom is 0.490 e. The summed E-state index contributed by atoms with van der Waals surface area (Å²) in [6.45, 7) is 0. The second kappa shape index (κ2) is 4.61. The van der Waals surface area contributed by atoms with Crippen LogP contribution < -0.4 is 0 Å². The Bertz CT molecular complexity index is 538. The number of carbonyl (C=O) groups excluding carboxylic acids is 2. The molecule has 0 bridgehead atoms. The van der Waals surface area contributed by atoms with E-state index in [9.17, 15) is 22.8 Å². The zero-order valence-corrected chi connectivity index (χ0v) is 12.3. The standard InChI is InChI=1S/C9H3Br2F3O3S/c10-6-4-2(15)1-3(5(4)7(11)18-6)17-8(16)9(12,13)14/h3H,1H2. The van der Waals surface area contributed by atoms with E-state index in [1.165, 1.54) is 0 Å². The fourth-order valence-electron chi connectivity index (χ4n) is 1.61. The van der Waals surface area contributed by atoms with Crippen molar-refractivity contribution in [3.05, 3.63) is 18.7 Å². The minimum absolute atomic E-state index is 0.267. The van der Waals surface area contributed by atoms with Crippen molar-refractivity contribution in [3.63, 3.8) is 0 Å². The normalized spacial score (nSPS) is 18.9. The lowest BCUT2D eigenvalue weighted by molar-refractivity contribution is -0.204. The third-order valence-electron chi connectivity index (χ3n) is 2.31. The van der Waals surface area contributed by atoms with Gasteiger partial charge in [-0.2, -0.15) is 13.2 Å². The van der Waals surface area contributed by atoms with Crippen LogP contribution in [0.25, 0.3) is 0 Å². The molecule has 1 aromatic heterocycles. The van der Waals surface area contributed by atoms with E-state index in [4.69, 9.17) is 0 Å². The molecule has 3 nitrogen and oxygen atoms in total. The lowest BCUT2D eigenvalue weighted by Gasteiger charge is -2.13. The first-order chi connectivity index (χ1) is 8.21. The van der Waals surface area contributed by atoms with Crippen molar-refractivity contribution < 1.29 is 27.5 Å². The van der Waals surface area contributed by atoms with Crippen LogP contribution in [0.5, 0.6) is 0 Å². The highest BCUT2D eigenvalue weighted by Crippen LogP contribution is 2.48. The first-order valence-corrected chi connectivity index (χ1v) is 6.90. The van der Waals surface area contributed by atoms with E-state index in [2.05, 4.69) is 36.6 Å². The molecule has 0 saturated heterocycles. The number of hydrogen-bond acceptors (Lipinski definition) is 4. The number of fused-ring (bicyclic) bond motifs is 1. The first kappa shape index (κ1) is 14.0. The fourth-order valence-corrected chi connectivity index (χ4v) is 4.94. The van der Waals surface area contributed by atoms with Crippen molar-refractivity contribution in [1.29, 1.82) is 0 Å². The molecule has 0 aromatic carbocycles. The van der Waals surface area contributed by atoms with Crippen molar-refractivity contribution >= 4 is 54.9 Å². The summed E-state index contributed by atoms with van der Waals surface area (Å²) in [5, 5.41) is 0. The second-order valence-corrected chi connectivity index (χ2v) is 7.11. The van der Waals surface area contributed by atoms with Crippen molar-refractivity contribution in [1.82, 2.24) is 0 Å². The van der Waals surface area contributed by atoms with E-state index in [1.54, 1.807) is 0 Å². The smallest absolute Gasteiger partial charge is 0.450 e. The predicted molar refractivity (Wildman–Crippen MR) is 63.6 cm³/mol. The molecule has 1 aromatic rings. The van der Waals surface area contributed by atoms with Crippen LogP contribution in [0.2, 0.25) is 0 Å². The highest BCUT2D eigenvalue weighted by atomic mass is 79.9. The van der Waals surface area contributed by atoms with E-state index in [-0.39, 0.29) is 17.8 Å². The Hall–Kier alpha value is -0.410. The molecular weight excluding hydrogens is 405 g/mol. The van der Waals surface area contributed by atoms with Gasteiger partial charge < -0.3 is 4.74 Å². The summed E-state index contributed by atoms with van der Waals surface area (Å²) in [5.74, 6) is -2.64. The third kappa shape index (κ3) is 2.35. The summed E-state index contributed by atoms with van der Waals surface area (Å²) in [6, 6.07) is 0. The van der Waals surface area contributed by atoms with Crippen LogP contribution in [0.15, 0.2) is 7.57 Å². The summed E-state index contributed by atoms with van der Waals surface area (Å²) in [6.07, 6.45) is -6.51. The van der Waals surface area contributed by atoms with Crippen molar-refractivity contribution in [3.8, 4) is 0 Å². The summed E-state index contributed by atoms with van der Waals surface area (Å²) in [7, 11) is 0. The summed E-state index contributed by atoms with van der Waals surface area (Å²) >= 11 is 7.44. The number of thiophene rings is 1. The van der Waals surface area contributed by atoms with Gasteiger partial charge in [0.05, 0.1) is 19.6 Å². The highest BCUT2D eigenvalue weighted by Gasteiger charge is 2.45. The summed E-state index contributed by atoms with van der Waals surface area (Å²) in [5.41, 5.74) is 0.585. The number of ketones is 1. The molecule has 18 heavy (non-hydrogen) atoms. The molecule has 0 saturated carbocycles. The zero-order chi connectivity index (χ0) is 13.7. The Morgan fingerprint density at radius 2 is 1.94 bits per heavy atom. The minimum Gasteiger partial charge on any atom is -0.450 e.